The lowest BCUT2D eigenvalue weighted by atomic mass is 9.95. The summed E-state index contributed by atoms with van der Waals surface area (Å²) in [6.45, 7) is 6.48. The lowest BCUT2D eigenvalue weighted by Crippen LogP contribution is -2.12. The molecule has 0 radical (unpaired) electrons. The second-order valence-corrected chi connectivity index (χ2v) is 6.28. The van der Waals surface area contributed by atoms with Crippen LogP contribution in [0.4, 0.5) is 11.4 Å². The Hall–Kier alpha value is -1.77. The second-order valence-electron chi connectivity index (χ2n) is 6.28. The van der Waals surface area contributed by atoms with Crippen LogP contribution in [0.2, 0.25) is 0 Å². The number of hydrogen-bond donors (Lipinski definition) is 2. The van der Waals surface area contributed by atoms with E-state index < -0.39 is 0 Å². The fourth-order valence-electron chi connectivity index (χ4n) is 3.50. The van der Waals surface area contributed by atoms with Crippen molar-refractivity contribution in [2.75, 3.05) is 11.1 Å². The molecule has 100 valence electrons. The maximum Gasteiger partial charge on any atom is 0.161 e. The van der Waals surface area contributed by atoms with E-state index in [1.807, 2.05) is 31.2 Å². The third kappa shape index (κ3) is 1.76. The molecule has 0 amide bonds. The molecule has 2 aliphatic carbocycles. The molecular weight excluding hydrogens is 236 g/mol. The van der Waals surface area contributed by atoms with Crippen molar-refractivity contribution in [1.29, 1.82) is 0 Å². The average Bonchev–Trinajstić information content (AvgIpc) is 2.72. The number of para-hydroxylation sites is 2. The van der Waals surface area contributed by atoms with Crippen molar-refractivity contribution in [3.63, 3.8) is 0 Å². The molecule has 2 aliphatic rings. The number of hydrogen-bond acceptors (Lipinski definition) is 3. The number of anilines is 2. The molecule has 3 N–H and O–H groups in total. The third-order valence-electron chi connectivity index (χ3n) is 4.75. The maximum absolute atomic E-state index is 12.1. The van der Waals surface area contributed by atoms with E-state index >= 15 is 0 Å². The summed E-state index contributed by atoms with van der Waals surface area (Å²) in [4.78, 5) is 12.1. The number of nitrogens with one attached hydrogen (secondary N) is 1. The van der Waals surface area contributed by atoms with E-state index in [1.54, 1.807) is 0 Å². The van der Waals surface area contributed by atoms with Crippen molar-refractivity contribution in [3.8, 4) is 0 Å². The minimum atomic E-state index is 0.286. The first kappa shape index (κ1) is 12.3. The Morgan fingerprint density at radius 2 is 2.05 bits per heavy atom. The van der Waals surface area contributed by atoms with E-state index in [0.29, 0.717) is 29.7 Å². The number of rotatable bonds is 2. The number of allylic oxidation sites excluding steroid dienone is 2. The van der Waals surface area contributed by atoms with Gasteiger partial charge in [-0.05, 0) is 36.3 Å². The predicted octanol–water partition coefficient (Wildman–Crippen LogP) is 3.20. The van der Waals surface area contributed by atoms with E-state index in [9.17, 15) is 4.79 Å². The third-order valence-corrected chi connectivity index (χ3v) is 4.75. The molecule has 2 fully saturated rings. The zero-order valence-corrected chi connectivity index (χ0v) is 11.7. The molecule has 2 atom stereocenters. The molecule has 0 aromatic heterocycles. The second kappa shape index (κ2) is 3.86. The lowest BCUT2D eigenvalue weighted by Gasteiger charge is -2.15. The van der Waals surface area contributed by atoms with Gasteiger partial charge < -0.3 is 11.1 Å². The highest BCUT2D eigenvalue weighted by Gasteiger charge is 2.65. The van der Waals surface area contributed by atoms with E-state index in [-0.39, 0.29) is 5.41 Å². The minimum Gasteiger partial charge on any atom is -0.397 e. The summed E-state index contributed by atoms with van der Waals surface area (Å²) in [5.74, 6) is 1.27. The normalized spacial score (nSPS) is 29.9. The fourth-order valence-corrected chi connectivity index (χ4v) is 3.50. The average molecular weight is 256 g/mol. The summed E-state index contributed by atoms with van der Waals surface area (Å²) >= 11 is 0. The van der Waals surface area contributed by atoms with Crippen LogP contribution in [0.5, 0.6) is 0 Å². The topological polar surface area (TPSA) is 55.1 Å². The predicted molar refractivity (Wildman–Crippen MR) is 77.6 cm³/mol. The summed E-state index contributed by atoms with van der Waals surface area (Å²) < 4.78 is 0. The van der Waals surface area contributed by atoms with Gasteiger partial charge in [-0.3, -0.25) is 4.79 Å². The maximum atomic E-state index is 12.1. The molecule has 0 aliphatic heterocycles. The summed E-state index contributed by atoms with van der Waals surface area (Å²) in [6.07, 6.45) is 0.705. The van der Waals surface area contributed by atoms with Crippen molar-refractivity contribution in [2.24, 2.45) is 17.3 Å². The summed E-state index contributed by atoms with van der Waals surface area (Å²) in [6, 6.07) is 7.65. The number of benzene rings is 1. The minimum absolute atomic E-state index is 0.286. The molecule has 3 heteroatoms. The Morgan fingerprint density at radius 1 is 1.37 bits per heavy atom. The van der Waals surface area contributed by atoms with Gasteiger partial charge in [-0.15, -0.1) is 0 Å². The highest BCUT2D eigenvalue weighted by molar-refractivity contribution is 6.01. The first-order valence-electron chi connectivity index (χ1n) is 6.78. The smallest absolute Gasteiger partial charge is 0.161 e. The van der Waals surface area contributed by atoms with Crippen LogP contribution in [-0.2, 0) is 4.79 Å². The van der Waals surface area contributed by atoms with Crippen molar-refractivity contribution in [2.45, 2.75) is 27.2 Å². The first-order valence-corrected chi connectivity index (χ1v) is 6.78. The molecule has 0 heterocycles. The molecule has 19 heavy (non-hydrogen) atoms. The van der Waals surface area contributed by atoms with Gasteiger partial charge >= 0.3 is 0 Å². The van der Waals surface area contributed by atoms with Gasteiger partial charge in [-0.25, -0.2) is 0 Å². The summed E-state index contributed by atoms with van der Waals surface area (Å²) in [5.41, 5.74) is 9.75. The summed E-state index contributed by atoms with van der Waals surface area (Å²) in [5, 5.41) is 3.31. The molecule has 3 nitrogen and oxygen atoms in total. The SMILES string of the molecule is C/C(Nc1ccccc1N)=C1/C(=O)C[C@@H]2[C@H]1C2(C)C. The van der Waals surface area contributed by atoms with Gasteiger partial charge in [-0.1, -0.05) is 26.0 Å². The van der Waals surface area contributed by atoms with Crippen LogP contribution >= 0.6 is 0 Å². The highest BCUT2D eigenvalue weighted by atomic mass is 16.1. The number of carbonyl (C=O) groups excluding carboxylic acids is 1. The Morgan fingerprint density at radius 3 is 2.68 bits per heavy atom. The summed E-state index contributed by atoms with van der Waals surface area (Å²) in [7, 11) is 0. The van der Waals surface area contributed by atoms with E-state index in [1.165, 1.54) is 0 Å². The van der Waals surface area contributed by atoms with Gasteiger partial charge in [-0.2, -0.15) is 0 Å². The number of fused-ring (bicyclic) bond motifs is 1. The number of nitrogen functional groups attached to an aromatic ring is 1. The van der Waals surface area contributed by atoms with Gasteiger partial charge in [0.05, 0.1) is 11.4 Å². The molecule has 0 unspecified atom stereocenters. The van der Waals surface area contributed by atoms with Crippen LogP contribution in [0.1, 0.15) is 27.2 Å². The van der Waals surface area contributed by atoms with Crippen LogP contribution < -0.4 is 11.1 Å². The van der Waals surface area contributed by atoms with Crippen molar-refractivity contribution < 1.29 is 4.79 Å². The zero-order valence-electron chi connectivity index (χ0n) is 11.7. The number of nitrogens with two attached hydrogens (primary N) is 1. The van der Waals surface area contributed by atoms with E-state index in [4.69, 9.17) is 5.73 Å². The molecule has 0 bridgehead atoms. The van der Waals surface area contributed by atoms with Crippen molar-refractivity contribution in [1.82, 2.24) is 0 Å². The quantitative estimate of drug-likeness (QED) is 0.631. The van der Waals surface area contributed by atoms with Crippen LogP contribution in [0.15, 0.2) is 35.5 Å². The Balaban J connectivity index is 1.91. The van der Waals surface area contributed by atoms with Gasteiger partial charge in [0.15, 0.2) is 5.78 Å². The van der Waals surface area contributed by atoms with Crippen LogP contribution in [0.3, 0.4) is 0 Å². The van der Waals surface area contributed by atoms with Crippen LogP contribution in [0, 0.1) is 17.3 Å². The number of ketones is 1. The van der Waals surface area contributed by atoms with Crippen molar-refractivity contribution in [3.05, 3.63) is 35.5 Å². The van der Waals surface area contributed by atoms with Gasteiger partial charge in [0.2, 0.25) is 0 Å². The molecule has 1 aromatic rings. The van der Waals surface area contributed by atoms with Gasteiger partial charge in [0.25, 0.3) is 0 Å². The van der Waals surface area contributed by atoms with Crippen LogP contribution in [-0.4, -0.2) is 5.78 Å². The first-order chi connectivity index (χ1) is 8.93. The van der Waals surface area contributed by atoms with Crippen LogP contribution in [0.25, 0.3) is 0 Å². The molecule has 1 aromatic carbocycles. The largest absolute Gasteiger partial charge is 0.397 e. The number of Topliss-reactive ketones (excluding diaryl/α,β-unsaturated/α-hetero) is 1. The Bertz CT molecular complexity index is 586. The Kier molecular flexibility index (Phi) is 2.49. The van der Waals surface area contributed by atoms with Crippen molar-refractivity contribution >= 4 is 17.2 Å². The van der Waals surface area contributed by atoms with E-state index in [0.717, 1.165) is 17.0 Å². The molecular formula is C16H20N2O. The molecule has 2 saturated carbocycles. The van der Waals surface area contributed by atoms with Gasteiger partial charge in [0, 0.05) is 17.7 Å². The van der Waals surface area contributed by atoms with E-state index in [2.05, 4.69) is 19.2 Å². The van der Waals surface area contributed by atoms with Gasteiger partial charge in [0.1, 0.15) is 0 Å². The highest BCUT2D eigenvalue weighted by Crippen LogP contribution is 2.68. The Labute approximate surface area is 113 Å². The monoisotopic (exact) mass is 256 g/mol. The molecule has 0 spiro atoms. The molecule has 0 saturated heterocycles. The zero-order chi connectivity index (χ0) is 13.8. The lowest BCUT2D eigenvalue weighted by molar-refractivity contribution is -0.115. The number of carbonyl (C=O) groups is 1. The molecule has 3 rings (SSSR count). The fraction of sp³-hybridized carbons (Fsp3) is 0.438. The standard InChI is InChI=1S/C16H20N2O/c1-9(18-12-7-5-4-6-11(12)17)14-13(19)8-10-15(14)16(10,2)3/h4-7,10,15,18H,8,17H2,1-3H3/b14-9+/t10-,15-/m1/s1.